The lowest BCUT2D eigenvalue weighted by Crippen LogP contribution is -1.95. The molecule has 2 rings (SSSR count). The number of aliphatic hydroxyl groups is 1. The maximum absolute atomic E-state index is 12.7. The summed E-state index contributed by atoms with van der Waals surface area (Å²) in [5, 5.41) is 8.66. The van der Waals surface area contributed by atoms with Crippen LogP contribution in [-0.2, 0) is 4.74 Å². The van der Waals surface area contributed by atoms with Crippen molar-refractivity contribution in [1.29, 1.82) is 0 Å². The first-order valence-corrected chi connectivity index (χ1v) is 3.93. The Morgan fingerprint density at radius 1 is 1.23 bits per heavy atom. The van der Waals surface area contributed by atoms with E-state index < -0.39 is 11.6 Å². The van der Waals surface area contributed by atoms with E-state index in [0.29, 0.717) is 5.56 Å². The molecule has 1 N–H and O–H groups in total. The second-order valence-electron chi connectivity index (χ2n) is 2.98. The monoisotopic (exact) mass is 186 g/mol. The van der Waals surface area contributed by atoms with Crippen LogP contribution in [0.3, 0.4) is 0 Å². The topological polar surface area (TPSA) is 32.8 Å². The van der Waals surface area contributed by atoms with E-state index in [1.807, 2.05) is 0 Å². The van der Waals surface area contributed by atoms with Crippen molar-refractivity contribution < 1.29 is 18.6 Å². The summed E-state index contributed by atoms with van der Waals surface area (Å²) in [6, 6.07) is 3.23. The molecule has 4 heteroatoms. The first-order valence-electron chi connectivity index (χ1n) is 3.93. The zero-order chi connectivity index (χ0) is 9.42. The van der Waals surface area contributed by atoms with Gasteiger partial charge in [-0.2, -0.15) is 0 Å². The van der Waals surface area contributed by atoms with Crippen molar-refractivity contribution in [1.82, 2.24) is 0 Å². The summed E-state index contributed by atoms with van der Waals surface area (Å²) in [6.07, 6.45) is -0.656. The van der Waals surface area contributed by atoms with Crippen molar-refractivity contribution in [2.45, 2.75) is 12.2 Å². The van der Waals surface area contributed by atoms with Crippen LogP contribution in [0.5, 0.6) is 0 Å². The molecule has 70 valence electrons. The lowest BCUT2D eigenvalue weighted by molar-refractivity contribution is 0.242. The minimum absolute atomic E-state index is 0.122. The number of aliphatic hydroxyl groups excluding tert-OH is 1. The summed E-state index contributed by atoms with van der Waals surface area (Å²) in [7, 11) is 0. The fourth-order valence-electron chi connectivity index (χ4n) is 1.31. The van der Waals surface area contributed by atoms with Crippen LogP contribution in [0.1, 0.15) is 11.7 Å². The van der Waals surface area contributed by atoms with Crippen LogP contribution >= 0.6 is 0 Å². The largest absolute Gasteiger partial charge is 0.394 e. The van der Waals surface area contributed by atoms with Crippen molar-refractivity contribution in [3.8, 4) is 0 Å². The lowest BCUT2D eigenvalue weighted by Gasteiger charge is -1.96. The predicted octanol–water partition coefficient (Wildman–Crippen LogP) is 1.40. The molecular weight excluding hydrogens is 178 g/mol. The van der Waals surface area contributed by atoms with E-state index in [1.54, 1.807) is 0 Å². The third-order valence-electron chi connectivity index (χ3n) is 1.98. The highest BCUT2D eigenvalue weighted by Gasteiger charge is 2.39. The van der Waals surface area contributed by atoms with Crippen LogP contribution in [0.4, 0.5) is 8.78 Å². The zero-order valence-corrected chi connectivity index (χ0v) is 6.71. The zero-order valence-electron chi connectivity index (χ0n) is 6.71. The molecule has 1 aromatic rings. The molecule has 2 atom stereocenters. The fraction of sp³-hybridized carbons (Fsp3) is 0.333. The molecule has 0 saturated carbocycles. The smallest absolute Gasteiger partial charge is 0.126 e. The molecule has 13 heavy (non-hydrogen) atoms. The fourth-order valence-corrected chi connectivity index (χ4v) is 1.31. The Morgan fingerprint density at radius 3 is 2.31 bits per heavy atom. The van der Waals surface area contributed by atoms with E-state index >= 15 is 0 Å². The minimum Gasteiger partial charge on any atom is -0.394 e. The first kappa shape index (κ1) is 8.59. The Hall–Kier alpha value is -1.00. The van der Waals surface area contributed by atoms with Crippen molar-refractivity contribution in [3.63, 3.8) is 0 Å². The Kier molecular flexibility index (Phi) is 2.01. The number of benzene rings is 1. The van der Waals surface area contributed by atoms with Gasteiger partial charge in [-0.05, 0) is 17.7 Å². The van der Waals surface area contributed by atoms with Gasteiger partial charge in [-0.15, -0.1) is 0 Å². The second-order valence-corrected chi connectivity index (χ2v) is 2.98. The van der Waals surface area contributed by atoms with Gasteiger partial charge in [0.1, 0.15) is 23.8 Å². The van der Waals surface area contributed by atoms with Gasteiger partial charge < -0.3 is 9.84 Å². The van der Waals surface area contributed by atoms with Crippen LogP contribution in [-0.4, -0.2) is 17.8 Å². The van der Waals surface area contributed by atoms with E-state index in [-0.39, 0.29) is 18.8 Å². The Morgan fingerprint density at radius 2 is 1.85 bits per heavy atom. The molecule has 0 aromatic heterocycles. The summed E-state index contributed by atoms with van der Waals surface area (Å²) in [5.74, 6) is -1.25. The van der Waals surface area contributed by atoms with Crippen LogP contribution < -0.4 is 0 Å². The number of hydrogen-bond acceptors (Lipinski definition) is 2. The van der Waals surface area contributed by atoms with Gasteiger partial charge in [-0.3, -0.25) is 0 Å². The number of epoxide rings is 1. The highest BCUT2D eigenvalue weighted by Crippen LogP contribution is 2.38. The van der Waals surface area contributed by atoms with Crippen molar-refractivity contribution in [2.75, 3.05) is 6.61 Å². The highest BCUT2D eigenvalue weighted by molar-refractivity contribution is 5.24. The third-order valence-corrected chi connectivity index (χ3v) is 1.98. The van der Waals surface area contributed by atoms with E-state index in [9.17, 15) is 8.78 Å². The maximum atomic E-state index is 12.7. The molecule has 0 amide bonds. The van der Waals surface area contributed by atoms with Crippen molar-refractivity contribution in [2.24, 2.45) is 0 Å². The van der Waals surface area contributed by atoms with Crippen LogP contribution in [0, 0.1) is 11.6 Å². The molecule has 1 aliphatic rings. The van der Waals surface area contributed by atoms with Gasteiger partial charge in [0.05, 0.1) is 6.61 Å². The van der Waals surface area contributed by atoms with E-state index in [4.69, 9.17) is 9.84 Å². The van der Waals surface area contributed by atoms with Gasteiger partial charge >= 0.3 is 0 Å². The normalized spacial score (nSPS) is 26.1. The molecule has 1 heterocycles. The lowest BCUT2D eigenvalue weighted by atomic mass is 10.1. The quantitative estimate of drug-likeness (QED) is 0.708. The number of hydrogen-bond donors (Lipinski definition) is 1. The summed E-state index contributed by atoms with van der Waals surface area (Å²) in [5.41, 5.74) is 0.441. The molecule has 1 fully saturated rings. The van der Waals surface area contributed by atoms with Crippen LogP contribution in [0.25, 0.3) is 0 Å². The summed E-state index contributed by atoms with van der Waals surface area (Å²) in [6.45, 7) is -0.122. The molecule has 2 unspecified atom stereocenters. The number of rotatable bonds is 2. The van der Waals surface area contributed by atoms with Crippen molar-refractivity contribution >= 4 is 0 Å². The molecule has 0 bridgehead atoms. The molecule has 0 spiro atoms. The Bertz CT molecular complexity index is 307. The van der Waals surface area contributed by atoms with Gasteiger partial charge in [-0.1, -0.05) is 0 Å². The van der Waals surface area contributed by atoms with Gasteiger partial charge in [0.25, 0.3) is 0 Å². The molecule has 1 saturated heterocycles. The third kappa shape index (κ3) is 1.68. The van der Waals surface area contributed by atoms with E-state index in [2.05, 4.69) is 0 Å². The molecule has 0 aliphatic carbocycles. The predicted molar refractivity (Wildman–Crippen MR) is 41.1 cm³/mol. The second kappa shape index (κ2) is 3.05. The van der Waals surface area contributed by atoms with Crippen LogP contribution in [0.2, 0.25) is 0 Å². The Balaban J connectivity index is 2.22. The van der Waals surface area contributed by atoms with Gasteiger partial charge in [0.15, 0.2) is 0 Å². The van der Waals surface area contributed by atoms with Gasteiger partial charge in [0.2, 0.25) is 0 Å². The Labute approximate surface area is 73.8 Å². The standard InChI is InChI=1S/C9H8F2O2/c10-6-1-5(2-7(11)3-6)9-8(4-12)13-9/h1-3,8-9,12H,4H2. The number of halogens is 2. The number of ether oxygens (including phenoxy) is 1. The molecular formula is C9H8F2O2. The molecule has 0 radical (unpaired) electrons. The SMILES string of the molecule is OCC1OC1c1cc(F)cc(F)c1. The maximum Gasteiger partial charge on any atom is 0.126 e. The molecule has 1 aliphatic heterocycles. The first-order chi connectivity index (χ1) is 6.20. The van der Waals surface area contributed by atoms with Crippen molar-refractivity contribution in [3.05, 3.63) is 35.4 Å². The average Bonchev–Trinajstić information content (AvgIpc) is 2.80. The van der Waals surface area contributed by atoms with E-state index in [0.717, 1.165) is 6.07 Å². The van der Waals surface area contributed by atoms with Gasteiger partial charge in [-0.25, -0.2) is 8.78 Å². The molecule has 2 nitrogen and oxygen atoms in total. The summed E-state index contributed by atoms with van der Waals surface area (Å²) in [4.78, 5) is 0. The average molecular weight is 186 g/mol. The summed E-state index contributed by atoms with van der Waals surface area (Å²) >= 11 is 0. The van der Waals surface area contributed by atoms with Gasteiger partial charge in [0, 0.05) is 6.07 Å². The molecule has 1 aromatic carbocycles. The minimum atomic E-state index is -0.623. The van der Waals surface area contributed by atoms with E-state index in [1.165, 1.54) is 12.1 Å². The summed E-state index contributed by atoms with van der Waals surface area (Å²) < 4.78 is 30.4. The highest BCUT2D eigenvalue weighted by atomic mass is 19.1. The van der Waals surface area contributed by atoms with Crippen LogP contribution in [0.15, 0.2) is 18.2 Å².